The minimum absolute atomic E-state index is 0.681. The number of benzene rings is 2. The quantitative estimate of drug-likeness (QED) is 0.764. The lowest BCUT2D eigenvalue weighted by atomic mass is 10.2. The van der Waals surface area contributed by atoms with Gasteiger partial charge in [-0.05, 0) is 18.2 Å². The lowest BCUT2D eigenvalue weighted by molar-refractivity contribution is 1.21. The van der Waals surface area contributed by atoms with Crippen molar-refractivity contribution in [2.75, 3.05) is 12.4 Å². The third-order valence-electron chi connectivity index (χ3n) is 2.93. The molecule has 2 aromatic carbocycles. The third kappa shape index (κ3) is 2.25. The molecule has 3 aromatic rings. The summed E-state index contributed by atoms with van der Waals surface area (Å²) < 4.78 is 0. The van der Waals surface area contributed by atoms with Gasteiger partial charge in [0.2, 0.25) is 0 Å². The Morgan fingerprint density at radius 1 is 1.00 bits per heavy atom. The molecule has 0 amide bonds. The van der Waals surface area contributed by atoms with Gasteiger partial charge in [-0.1, -0.05) is 41.9 Å². The van der Waals surface area contributed by atoms with Gasteiger partial charge in [-0.15, -0.1) is 0 Å². The Kier molecular flexibility index (Phi) is 3.05. The highest BCUT2D eigenvalue weighted by molar-refractivity contribution is 6.31. The van der Waals surface area contributed by atoms with Crippen molar-refractivity contribution in [1.82, 2.24) is 9.97 Å². The monoisotopic (exact) mass is 269 g/mol. The Balaban J connectivity index is 2.26. The predicted molar refractivity (Wildman–Crippen MR) is 79.5 cm³/mol. The first kappa shape index (κ1) is 11.9. The molecule has 0 aliphatic rings. The average Bonchev–Trinajstić information content (AvgIpc) is 2.47. The number of nitrogens with one attached hydrogen (secondary N) is 1. The number of hydrogen-bond acceptors (Lipinski definition) is 3. The van der Waals surface area contributed by atoms with Crippen molar-refractivity contribution in [3.05, 3.63) is 53.6 Å². The van der Waals surface area contributed by atoms with Gasteiger partial charge in [-0.2, -0.15) is 0 Å². The molecule has 0 spiro atoms. The van der Waals surface area contributed by atoms with Crippen LogP contribution in [0.5, 0.6) is 0 Å². The van der Waals surface area contributed by atoms with E-state index in [1.807, 2.05) is 55.6 Å². The molecule has 1 aromatic heterocycles. The fourth-order valence-electron chi connectivity index (χ4n) is 2.01. The molecule has 1 heterocycles. The van der Waals surface area contributed by atoms with E-state index < -0.39 is 0 Å². The summed E-state index contributed by atoms with van der Waals surface area (Å²) >= 11 is 6.02. The largest absolute Gasteiger partial charge is 0.373 e. The first-order valence-corrected chi connectivity index (χ1v) is 6.36. The predicted octanol–water partition coefficient (Wildman–Crippen LogP) is 3.99. The van der Waals surface area contributed by atoms with E-state index in [4.69, 9.17) is 11.6 Å². The molecule has 0 saturated carbocycles. The zero-order valence-corrected chi connectivity index (χ0v) is 11.1. The van der Waals surface area contributed by atoms with E-state index in [1.165, 1.54) is 0 Å². The summed E-state index contributed by atoms with van der Waals surface area (Å²) in [5, 5.41) is 4.70. The van der Waals surface area contributed by atoms with Crippen molar-refractivity contribution < 1.29 is 0 Å². The van der Waals surface area contributed by atoms with Gasteiger partial charge in [-0.25, -0.2) is 9.97 Å². The van der Waals surface area contributed by atoms with E-state index in [-0.39, 0.29) is 0 Å². The van der Waals surface area contributed by atoms with Gasteiger partial charge in [0.25, 0.3) is 0 Å². The molecule has 0 bridgehead atoms. The summed E-state index contributed by atoms with van der Waals surface area (Å²) in [7, 11) is 1.84. The molecule has 4 heteroatoms. The van der Waals surface area contributed by atoms with Crippen molar-refractivity contribution in [2.24, 2.45) is 0 Å². The summed E-state index contributed by atoms with van der Waals surface area (Å²) in [4.78, 5) is 9.14. The molecule has 0 fully saturated rings. The summed E-state index contributed by atoms with van der Waals surface area (Å²) in [6, 6.07) is 15.5. The van der Waals surface area contributed by atoms with Crippen molar-refractivity contribution in [2.45, 2.75) is 0 Å². The standard InChI is InChI=1S/C15H12ClN3/c1-17-15-12-9-11(16)7-8-13(12)18-14(19-15)10-5-3-2-4-6-10/h2-9H,1H3,(H,17,18,19). The fraction of sp³-hybridized carbons (Fsp3) is 0.0667. The maximum Gasteiger partial charge on any atom is 0.162 e. The van der Waals surface area contributed by atoms with Crippen LogP contribution in [0.25, 0.3) is 22.3 Å². The Labute approximate surface area is 116 Å². The van der Waals surface area contributed by atoms with Gasteiger partial charge in [0.05, 0.1) is 5.52 Å². The molecule has 0 aliphatic carbocycles. The Morgan fingerprint density at radius 3 is 2.53 bits per heavy atom. The smallest absolute Gasteiger partial charge is 0.162 e. The molecule has 0 atom stereocenters. The molecule has 3 rings (SSSR count). The number of nitrogens with zero attached hydrogens (tertiary/aromatic N) is 2. The van der Waals surface area contributed by atoms with Crippen molar-refractivity contribution >= 4 is 28.3 Å². The van der Waals surface area contributed by atoms with Crippen LogP contribution in [0.4, 0.5) is 5.82 Å². The van der Waals surface area contributed by atoms with Crippen molar-refractivity contribution in [3.8, 4) is 11.4 Å². The summed E-state index contributed by atoms with van der Waals surface area (Å²) in [6.07, 6.45) is 0. The first-order valence-electron chi connectivity index (χ1n) is 5.98. The molecule has 94 valence electrons. The van der Waals surface area contributed by atoms with Crippen LogP contribution in [0.1, 0.15) is 0 Å². The fourth-order valence-corrected chi connectivity index (χ4v) is 2.18. The SMILES string of the molecule is CNc1nc(-c2ccccc2)nc2ccc(Cl)cc12. The van der Waals surface area contributed by atoms with Gasteiger partial charge >= 0.3 is 0 Å². The second-order valence-corrected chi connectivity index (χ2v) is 4.61. The van der Waals surface area contributed by atoms with E-state index in [1.54, 1.807) is 0 Å². The highest BCUT2D eigenvalue weighted by Crippen LogP contribution is 2.26. The highest BCUT2D eigenvalue weighted by atomic mass is 35.5. The van der Waals surface area contributed by atoms with E-state index in [2.05, 4.69) is 15.3 Å². The maximum absolute atomic E-state index is 6.02. The van der Waals surface area contributed by atoms with Crippen molar-refractivity contribution in [1.29, 1.82) is 0 Å². The molecule has 0 radical (unpaired) electrons. The van der Waals surface area contributed by atoms with Crippen LogP contribution in [-0.4, -0.2) is 17.0 Å². The lowest BCUT2D eigenvalue weighted by Crippen LogP contribution is -1.98. The number of fused-ring (bicyclic) bond motifs is 1. The van der Waals surface area contributed by atoms with E-state index >= 15 is 0 Å². The summed E-state index contributed by atoms with van der Waals surface area (Å²) in [6.45, 7) is 0. The Morgan fingerprint density at radius 2 is 1.79 bits per heavy atom. The number of halogens is 1. The molecule has 3 nitrogen and oxygen atoms in total. The zero-order valence-electron chi connectivity index (χ0n) is 10.4. The molecular weight excluding hydrogens is 258 g/mol. The minimum Gasteiger partial charge on any atom is -0.373 e. The van der Waals surface area contributed by atoms with Crippen LogP contribution in [0.2, 0.25) is 5.02 Å². The first-order chi connectivity index (χ1) is 9.28. The maximum atomic E-state index is 6.02. The van der Waals surface area contributed by atoms with Gasteiger partial charge in [-0.3, -0.25) is 0 Å². The molecule has 0 saturated heterocycles. The van der Waals surface area contributed by atoms with Gasteiger partial charge in [0.15, 0.2) is 5.82 Å². The van der Waals surface area contributed by atoms with E-state index in [0.29, 0.717) is 10.8 Å². The van der Waals surface area contributed by atoms with Gasteiger partial charge < -0.3 is 5.32 Å². The molecule has 0 aliphatic heterocycles. The summed E-state index contributed by atoms with van der Waals surface area (Å²) in [5.74, 6) is 1.49. The number of rotatable bonds is 2. The second kappa shape index (κ2) is 4.86. The Bertz CT molecular complexity index is 726. The van der Waals surface area contributed by atoms with Gasteiger partial charge in [0, 0.05) is 23.0 Å². The number of anilines is 1. The van der Waals surface area contributed by atoms with Crippen LogP contribution < -0.4 is 5.32 Å². The van der Waals surface area contributed by atoms with Crippen LogP contribution in [-0.2, 0) is 0 Å². The van der Waals surface area contributed by atoms with Crippen LogP contribution >= 0.6 is 11.6 Å². The van der Waals surface area contributed by atoms with E-state index in [9.17, 15) is 0 Å². The van der Waals surface area contributed by atoms with Gasteiger partial charge in [0.1, 0.15) is 5.82 Å². The van der Waals surface area contributed by atoms with Crippen LogP contribution in [0, 0.1) is 0 Å². The van der Waals surface area contributed by atoms with Crippen molar-refractivity contribution in [3.63, 3.8) is 0 Å². The lowest BCUT2D eigenvalue weighted by Gasteiger charge is -2.08. The molecule has 1 N–H and O–H groups in total. The van der Waals surface area contributed by atoms with Crippen LogP contribution in [0.3, 0.4) is 0 Å². The number of aromatic nitrogens is 2. The average molecular weight is 270 g/mol. The molecule has 19 heavy (non-hydrogen) atoms. The molecular formula is C15H12ClN3. The summed E-state index contributed by atoms with van der Waals surface area (Å²) in [5.41, 5.74) is 1.87. The topological polar surface area (TPSA) is 37.8 Å². The second-order valence-electron chi connectivity index (χ2n) is 4.17. The minimum atomic E-state index is 0.681. The van der Waals surface area contributed by atoms with E-state index in [0.717, 1.165) is 22.3 Å². The molecule has 0 unspecified atom stereocenters. The third-order valence-corrected chi connectivity index (χ3v) is 3.16. The Hall–Kier alpha value is -2.13. The number of hydrogen-bond donors (Lipinski definition) is 1. The van der Waals surface area contributed by atoms with Crippen LogP contribution in [0.15, 0.2) is 48.5 Å². The zero-order chi connectivity index (χ0) is 13.2. The highest BCUT2D eigenvalue weighted by Gasteiger charge is 2.08. The normalized spacial score (nSPS) is 10.6.